The highest BCUT2D eigenvalue weighted by Crippen LogP contribution is 2.61. The summed E-state index contributed by atoms with van der Waals surface area (Å²) in [5.41, 5.74) is 26.2. The first-order chi connectivity index (χ1) is 36.2. The third kappa shape index (κ3) is 4.56. The zero-order valence-electron chi connectivity index (χ0n) is 42.1. The van der Waals surface area contributed by atoms with E-state index in [2.05, 4.69) is 163 Å². The molecule has 6 heteroatoms. The topological polar surface area (TPSA) is 67.5 Å². The lowest BCUT2D eigenvalue weighted by Crippen LogP contribution is -2.36. The molecule has 2 fully saturated rings. The summed E-state index contributed by atoms with van der Waals surface area (Å²) in [6.45, 7) is 9.04. The molecule has 0 unspecified atom stereocenters. The van der Waals surface area contributed by atoms with Crippen LogP contribution in [0.15, 0.2) is 116 Å². The molecule has 0 amide bonds. The second-order valence-electron chi connectivity index (χ2n) is 23.6. The van der Waals surface area contributed by atoms with Gasteiger partial charge in [-0.3, -0.25) is 9.36 Å². The summed E-state index contributed by atoms with van der Waals surface area (Å²) in [6, 6.07) is 44.9. The fourth-order valence-electron chi connectivity index (χ4n) is 17.1. The van der Waals surface area contributed by atoms with Crippen LogP contribution in [0.1, 0.15) is 153 Å². The fourth-order valence-corrected chi connectivity index (χ4v) is 17.1. The van der Waals surface area contributed by atoms with Crippen molar-refractivity contribution in [1.82, 2.24) is 18.4 Å². The van der Waals surface area contributed by atoms with Crippen LogP contribution in [0.3, 0.4) is 0 Å². The van der Waals surface area contributed by atoms with Crippen LogP contribution in [0.2, 0.25) is 0 Å². The van der Waals surface area contributed by atoms with Crippen molar-refractivity contribution >= 4 is 93.0 Å². The standard InChI is InChI=1S/C68H51N5O/c1-5-68(17-11-6-12-18-68)39-24-47-45-26-44-36-21-37(22-36)67(74)49(44)28-52(45)72-53-29-50-54(27-46(53)48(25-39)65(47)72)73-55-23-38(31-69)57-58-40-13-7-9-15-42(40)59(43-16-10-8-14-41(43)58)62(57)60(55)51-30-56-63(61(50)66(51)73)70-32-71(56)64-34(3)19-33(2)20-35(64)4/h7-10,13-16,19-20,23-30,32,36-37,58-59H,5-6,11-12,17-18,21-22H2,1-4H3. The van der Waals surface area contributed by atoms with Crippen LogP contribution in [0.25, 0.3) is 92.9 Å². The maximum absolute atomic E-state index is 14.1. The molecule has 7 aliphatic carbocycles. The van der Waals surface area contributed by atoms with Gasteiger partial charge in [0.15, 0.2) is 5.78 Å². The minimum absolute atomic E-state index is 0.0220. The van der Waals surface area contributed by atoms with E-state index < -0.39 is 0 Å². The van der Waals surface area contributed by atoms with E-state index in [1.165, 1.54) is 137 Å². The van der Waals surface area contributed by atoms with E-state index in [4.69, 9.17) is 4.98 Å². The average molecular weight is 954 g/mol. The van der Waals surface area contributed by atoms with Gasteiger partial charge < -0.3 is 8.80 Å². The third-order valence-electron chi connectivity index (χ3n) is 20.2. The van der Waals surface area contributed by atoms with Crippen molar-refractivity contribution in [2.75, 3.05) is 0 Å². The first-order valence-electron chi connectivity index (χ1n) is 27.3. The predicted molar refractivity (Wildman–Crippen MR) is 299 cm³/mol. The van der Waals surface area contributed by atoms with E-state index in [1.807, 2.05) is 0 Å². The van der Waals surface area contributed by atoms with E-state index in [9.17, 15) is 10.1 Å². The molecule has 0 spiro atoms. The summed E-state index contributed by atoms with van der Waals surface area (Å²) in [6.07, 6.45) is 11.4. The Hall–Kier alpha value is -8.01. The number of ketones is 1. The van der Waals surface area contributed by atoms with Gasteiger partial charge in [0.25, 0.3) is 0 Å². The number of nitriles is 1. The highest BCUT2D eigenvalue weighted by atomic mass is 16.1. The predicted octanol–water partition coefficient (Wildman–Crippen LogP) is 16.4. The first kappa shape index (κ1) is 40.5. The second kappa shape index (κ2) is 13.4. The van der Waals surface area contributed by atoms with Gasteiger partial charge in [-0.2, -0.15) is 5.26 Å². The van der Waals surface area contributed by atoms with Crippen LogP contribution in [-0.2, 0) is 5.41 Å². The molecule has 20 rings (SSSR count). The van der Waals surface area contributed by atoms with Gasteiger partial charge in [0.2, 0.25) is 0 Å². The van der Waals surface area contributed by atoms with Crippen molar-refractivity contribution in [3.63, 3.8) is 0 Å². The van der Waals surface area contributed by atoms with E-state index >= 15 is 0 Å². The molecule has 8 aromatic carbocycles. The van der Waals surface area contributed by atoms with Crippen LogP contribution in [0.4, 0.5) is 0 Å². The molecule has 6 nitrogen and oxygen atoms in total. The number of rotatable bonds is 3. The van der Waals surface area contributed by atoms with E-state index in [0.29, 0.717) is 11.7 Å². The number of hydrogen-bond acceptors (Lipinski definition) is 3. The molecule has 0 saturated heterocycles. The molecule has 7 aliphatic rings. The normalized spacial score (nSPS) is 20.5. The van der Waals surface area contributed by atoms with Gasteiger partial charge in [0.1, 0.15) is 6.33 Å². The molecule has 5 aromatic heterocycles. The Morgan fingerprint density at radius 3 is 1.89 bits per heavy atom. The van der Waals surface area contributed by atoms with Gasteiger partial charge in [-0.1, -0.05) is 92.4 Å². The molecular formula is C68H51N5O. The highest BCUT2D eigenvalue weighted by Gasteiger charge is 2.46. The molecule has 354 valence electrons. The van der Waals surface area contributed by atoms with Crippen molar-refractivity contribution in [1.29, 1.82) is 5.26 Å². The van der Waals surface area contributed by atoms with Gasteiger partial charge in [0.05, 0.1) is 61.5 Å². The maximum atomic E-state index is 14.1. The summed E-state index contributed by atoms with van der Waals surface area (Å²) in [4.78, 5) is 19.6. The Bertz CT molecular complexity index is 4770. The van der Waals surface area contributed by atoms with Crippen LogP contribution < -0.4 is 0 Å². The average Bonchev–Trinajstić information content (AvgIpc) is 4.37. The van der Waals surface area contributed by atoms with Crippen LogP contribution >= 0.6 is 0 Å². The Balaban J connectivity index is 1.04. The number of imidazole rings is 1. The van der Waals surface area contributed by atoms with E-state index in [1.54, 1.807) is 0 Å². The summed E-state index contributed by atoms with van der Waals surface area (Å²) in [5, 5.41) is 21.3. The fraction of sp³-hybridized carbons (Fsp3) is 0.250. The minimum atomic E-state index is -0.0357. The van der Waals surface area contributed by atoms with Crippen LogP contribution in [0, 0.1) is 38.0 Å². The molecule has 4 bridgehead atoms. The van der Waals surface area contributed by atoms with Crippen LogP contribution in [0.5, 0.6) is 0 Å². The summed E-state index contributed by atoms with van der Waals surface area (Å²) < 4.78 is 7.40. The van der Waals surface area contributed by atoms with Gasteiger partial charge in [-0.05, 0) is 168 Å². The molecule has 0 atom stereocenters. The van der Waals surface area contributed by atoms with Crippen molar-refractivity contribution in [2.45, 2.75) is 102 Å². The molecule has 0 radical (unpaired) electrons. The Labute approximate surface area is 427 Å². The lowest BCUT2D eigenvalue weighted by atomic mass is 9.59. The number of aryl methyl sites for hydroxylation is 3. The summed E-state index contributed by atoms with van der Waals surface area (Å²) in [7, 11) is 0. The minimum Gasteiger partial charge on any atom is -0.308 e. The Morgan fingerprint density at radius 1 is 0.608 bits per heavy atom. The van der Waals surface area contributed by atoms with Gasteiger partial charge in [-0.15, -0.1) is 0 Å². The zero-order chi connectivity index (χ0) is 48.9. The maximum Gasteiger partial charge on any atom is 0.166 e. The van der Waals surface area contributed by atoms with Gasteiger partial charge in [0, 0.05) is 66.4 Å². The summed E-state index contributed by atoms with van der Waals surface area (Å²) >= 11 is 0. The van der Waals surface area contributed by atoms with Crippen molar-refractivity contribution in [3.05, 3.63) is 188 Å². The lowest BCUT2D eigenvalue weighted by Gasteiger charge is -2.43. The monoisotopic (exact) mass is 953 g/mol. The number of carbonyl (C=O) groups excluding carboxylic acids is 1. The number of hydrogen-bond donors (Lipinski definition) is 0. The lowest BCUT2D eigenvalue weighted by molar-refractivity contribution is 0.0793. The molecule has 5 heterocycles. The smallest absolute Gasteiger partial charge is 0.166 e. The third-order valence-corrected chi connectivity index (χ3v) is 20.2. The first-order valence-corrected chi connectivity index (χ1v) is 27.3. The van der Waals surface area contributed by atoms with Crippen molar-refractivity contribution in [2.24, 2.45) is 5.92 Å². The molecule has 2 saturated carbocycles. The Kier molecular flexibility index (Phi) is 7.32. The second-order valence-corrected chi connectivity index (χ2v) is 23.6. The number of aromatic nitrogens is 4. The zero-order valence-corrected chi connectivity index (χ0v) is 42.1. The number of nitrogens with zero attached hydrogens (tertiary/aromatic N) is 5. The SMILES string of the molecule is CCC1(c2cc3c4cc5c(cc4n4c6cc7c8c9ncn(-c%10c(C)cc(C)cc%10C)c9cc9c%10c%11c(c(C#N)cc%10n(c7cc6c(c2)c34)c98)C2c3ccccc3C%11c3ccccc32)C(=O)C2CC5C2)CCCCC1. The van der Waals surface area contributed by atoms with Gasteiger partial charge in [-0.25, -0.2) is 4.98 Å². The van der Waals surface area contributed by atoms with Crippen molar-refractivity contribution in [3.8, 4) is 11.8 Å². The molecule has 0 aliphatic heterocycles. The highest BCUT2D eigenvalue weighted by molar-refractivity contribution is 6.34. The number of Topliss-reactive ketones (excluding diaryl/α,β-unsaturated/α-hetero) is 1. The number of benzene rings is 8. The summed E-state index contributed by atoms with van der Waals surface area (Å²) in [5.74, 6) is 0.908. The molecule has 74 heavy (non-hydrogen) atoms. The molecule has 13 aromatic rings. The Morgan fingerprint density at radius 2 is 1.22 bits per heavy atom. The number of fused-ring (bicyclic) bond motifs is 14. The number of carbonyl (C=O) groups is 1. The molecular weight excluding hydrogens is 903 g/mol. The van der Waals surface area contributed by atoms with Crippen molar-refractivity contribution < 1.29 is 4.79 Å². The van der Waals surface area contributed by atoms with E-state index in [-0.39, 0.29) is 23.2 Å². The largest absolute Gasteiger partial charge is 0.308 e. The van der Waals surface area contributed by atoms with E-state index in [0.717, 1.165) is 79.8 Å². The van der Waals surface area contributed by atoms with Crippen LogP contribution in [-0.4, -0.2) is 24.1 Å². The molecule has 0 N–H and O–H groups in total. The quantitative estimate of drug-likeness (QED) is 0.177. The van der Waals surface area contributed by atoms with Gasteiger partial charge >= 0.3 is 0 Å².